The number of hydrogen-bond acceptors (Lipinski definition) is 3. The van der Waals surface area contributed by atoms with Gasteiger partial charge in [-0.2, -0.15) is 0 Å². The highest BCUT2D eigenvalue weighted by Crippen LogP contribution is 2.28. The maximum absolute atomic E-state index is 5.95. The molecule has 0 heterocycles. The lowest BCUT2D eigenvalue weighted by atomic mass is 10.1. The third-order valence-electron chi connectivity index (χ3n) is 3.93. The van der Waals surface area contributed by atoms with Gasteiger partial charge in [0.25, 0.3) is 0 Å². The van der Waals surface area contributed by atoms with Gasteiger partial charge in [0.15, 0.2) is 0 Å². The first-order chi connectivity index (χ1) is 13.3. The smallest absolute Gasteiger partial charge is 0.127 e. The molecule has 0 saturated carbocycles. The Labute approximate surface area is 160 Å². The number of hydrogen-bond donors (Lipinski definition) is 0. The van der Waals surface area contributed by atoms with Crippen molar-refractivity contribution in [1.82, 2.24) is 0 Å². The van der Waals surface area contributed by atoms with Crippen LogP contribution in [0.5, 0.6) is 23.0 Å². The van der Waals surface area contributed by atoms with E-state index in [9.17, 15) is 0 Å². The number of ether oxygens (including phenoxy) is 3. The van der Waals surface area contributed by atoms with Crippen LogP contribution in [0.1, 0.15) is 12.0 Å². The molecular weight excluding hydrogens is 336 g/mol. The van der Waals surface area contributed by atoms with E-state index in [1.54, 1.807) is 0 Å². The Kier molecular flexibility index (Phi) is 6.93. The molecule has 3 rings (SSSR count). The van der Waals surface area contributed by atoms with E-state index < -0.39 is 0 Å². The molecule has 0 aromatic heterocycles. The van der Waals surface area contributed by atoms with Crippen LogP contribution in [0, 0.1) is 0 Å². The maximum Gasteiger partial charge on any atom is 0.127 e. The highest BCUT2D eigenvalue weighted by Gasteiger charge is 2.06. The molecule has 0 unspecified atom stereocenters. The quantitative estimate of drug-likeness (QED) is 0.325. The maximum atomic E-state index is 5.95. The zero-order chi connectivity index (χ0) is 18.7. The van der Waals surface area contributed by atoms with Gasteiger partial charge >= 0.3 is 0 Å². The van der Waals surface area contributed by atoms with Gasteiger partial charge < -0.3 is 14.2 Å². The van der Waals surface area contributed by atoms with Crippen LogP contribution in [0.2, 0.25) is 0 Å². The predicted octanol–water partition coefficient (Wildman–Crippen LogP) is 6.06. The van der Waals surface area contributed by atoms with Gasteiger partial charge in [-0.3, -0.25) is 0 Å². The summed E-state index contributed by atoms with van der Waals surface area (Å²) in [5, 5.41) is 0. The van der Waals surface area contributed by atoms with E-state index in [1.807, 2.05) is 84.9 Å². The van der Waals surface area contributed by atoms with Crippen LogP contribution in [0.4, 0.5) is 0 Å². The Bertz CT molecular complexity index is 829. The summed E-state index contributed by atoms with van der Waals surface area (Å²) in [6.07, 6.45) is 3.40. The van der Waals surface area contributed by atoms with E-state index in [1.165, 1.54) is 0 Å². The molecule has 3 aromatic carbocycles. The third kappa shape index (κ3) is 5.93. The SMILES string of the molecule is C=CCc1cc(Oc2ccccc2)ccc1OCCCOc1ccccc1. The van der Waals surface area contributed by atoms with E-state index in [4.69, 9.17) is 14.2 Å². The molecule has 0 aliphatic carbocycles. The van der Waals surface area contributed by atoms with Crippen LogP contribution in [0.15, 0.2) is 91.5 Å². The van der Waals surface area contributed by atoms with Crippen molar-refractivity contribution in [1.29, 1.82) is 0 Å². The van der Waals surface area contributed by atoms with Crippen LogP contribution >= 0.6 is 0 Å². The molecule has 0 N–H and O–H groups in total. The van der Waals surface area contributed by atoms with E-state index >= 15 is 0 Å². The minimum Gasteiger partial charge on any atom is -0.493 e. The Balaban J connectivity index is 1.53. The standard InChI is InChI=1S/C24H24O3/c1-2-10-20-19-23(27-22-13-7-4-8-14-22)15-16-24(20)26-18-9-17-25-21-11-5-3-6-12-21/h2-8,11-16,19H,1,9-10,17-18H2. The summed E-state index contributed by atoms with van der Waals surface area (Å²) in [6, 6.07) is 25.4. The van der Waals surface area contributed by atoms with Crippen molar-refractivity contribution in [3.8, 4) is 23.0 Å². The zero-order valence-corrected chi connectivity index (χ0v) is 15.3. The lowest BCUT2D eigenvalue weighted by Crippen LogP contribution is -2.06. The van der Waals surface area contributed by atoms with Crippen molar-refractivity contribution >= 4 is 0 Å². The minimum atomic E-state index is 0.593. The van der Waals surface area contributed by atoms with Crippen molar-refractivity contribution in [2.24, 2.45) is 0 Å². The summed E-state index contributed by atoms with van der Waals surface area (Å²) in [6.45, 7) is 5.05. The summed E-state index contributed by atoms with van der Waals surface area (Å²) >= 11 is 0. The van der Waals surface area contributed by atoms with Gasteiger partial charge in [-0.15, -0.1) is 6.58 Å². The molecule has 3 heteroatoms. The van der Waals surface area contributed by atoms with Crippen LogP contribution in [-0.2, 0) is 6.42 Å². The molecule has 0 bridgehead atoms. The van der Waals surface area contributed by atoms with Gasteiger partial charge in [-0.25, -0.2) is 0 Å². The Hall–Kier alpha value is -3.20. The summed E-state index contributed by atoms with van der Waals surface area (Å²) in [5.41, 5.74) is 1.06. The third-order valence-corrected chi connectivity index (χ3v) is 3.93. The molecule has 138 valence electrons. The molecule has 3 nitrogen and oxygen atoms in total. The van der Waals surface area contributed by atoms with E-state index in [0.717, 1.165) is 41.4 Å². The Morgan fingerprint density at radius 2 is 1.37 bits per heavy atom. The van der Waals surface area contributed by atoms with Gasteiger partial charge in [0, 0.05) is 12.0 Å². The second-order valence-corrected chi connectivity index (χ2v) is 6.04. The molecule has 0 aliphatic rings. The van der Waals surface area contributed by atoms with Crippen molar-refractivity contribution in [3.63, 3.8) is 0 Å². The second kappa shape index (κ2) is 10.1. The fraction of sp³-hybridized carbons (Fsp3) is 0.167. The highest BCUT2D eigenvalue weighted by atomic mass is 16.5. The fourth-order valence-electron chi connectivity index (χ4n) is 2.65. The van der Waals surface area contributed by atoms with Crippen molar-refractivity contribution in [2.45, 2.75) is 12.8 Å². The van der Waals surface area contributed by atoms with E-state index in [0.29, 0.717) is 13.2 Å². The summed E-state index contributed by atoms with van der Waals surface area (Å²) in [7, 11) is 0. The number of benzene rings is 3. The first kappa shape index (κ1) is 18.6. The monoisotopic (exact) mass is 360 g/mol. The molecular formula is C24H24O3. The molecule has 0 fully saturated rings. The number of allylic oxidation sites excluding steroid dienone is 1. The zero-order valence-electron chi connectivity index (χ0n) is 15.3. The molecule has 0 atom stereocenters. The highest BCUT2D eigenvalue weighted by molar-refractivity contribution is 5.43. The van der Waals surface area contributed by atoms with Crippen molar-refractivity contribution in [2.75, 3.05) is 13.2 Å². The van der Waals surface area contributed by atoms with Gasteiger partial charge in [0.1, 0.15) is 23.0 Å². The van der Waals surface area contributed by atoms with Crippen molar-refractivity contribution in [3.05, 3.63) is 97.1 Å². The van der Waals surface area contributed by atoms with Crippen LogP contribution < -0.4 is 14.2 Å². The lowest BCUT2D eigenvalue weighted by Gasteiger charge is -2.13. The summed E-state index contributed by atoms with van der Waals surface area (Å²) in [4.78, 5) is 0. The number of rotatable bonds is 10. The van der Waals surface area contributed by atoms with Gasteiger partial charge in [0.05, 0.1) is 13.2 Å². The summed E-state index contributed by atoms with van der Waals surface area (Å²) in [5.74, 6) is 3.34. The lowest BCUT2D eigenvalue weighted by molar-refractivity contribution is 0.246. The van der Waals surface area contributed by atoms with Crippen LogP contribution in [0.25, 0.3) is 0 Å². The molecule has 0 radical (unpaired) electrons. The molecule has 0 aliphatic heterocycles. The topological polar surface area (TPSA) is 27.7 Å². The Morgan fingerprint density at radius 1 is 0.704 bits per heavy atom. The predicted molar refractivity (Wildman–Crippen MR) is 109 cm³/mol. The summed E-state index contributed by atoms with van der Waals surface area (Å²) < 4.78 is 17.5. The first-order valence-electron chi connectivity index (χ1n) is 9.12. The average molecular weight is 360 g/mol. The molecule has 3 aromatic rings. The Morgan fingerprint density at radius 3 is 2.07 bits per heavy atom. The van der Waals surface area contributed by atoms with Gasteiger partial charge in [-0.1, -0.05) is 42.5 Å². The van der Waals surface area contributed by atoms with Crippen molar-refractivity contribution < 1.29 is 14.2 Å². The molecule has 27 heavy (non-hydrogen) atoms. The van der Waals surface area contributed by atoms with Gasteiger partial charge in [0.2, 0.25) is 0 Å². The molecule has 0 saturated heterocycles. The number of para-hydroxylation sites is 2. The van der Waals surface area contributed by atoms with E-state index in [-0.39, 0.29) is 0 Å². The second-order valence-electron chi connectivity index (χ2n) is 6.04. The molecule has 0 amide bonds. The first-order valence-corrected chi connectivity index (χ1v) is 9.12. The van der Waals surface area contributed by atoms with Gasteiger partial charge in [-0.05, 0) is 48.9 Å². The average Bonchev–Trinajstić information content (AvgIpc) is 2.71. The van der Waals surface area contributed by atoms with Crippen LogP contribution in [0.3, 0.4) is 0 Å². The van der Waals surface area contributed by atoms with Crippen LogP contribution in [-0.4, -0.2) is 13.2 Å². The van der Waals surface area contributed by atoms with E-state index in [2.05, 4.69) is 6.58 Å². The largest absolute Gasteiger partial charge is 0.493 e. The fourth-order valence-corrected chi connectivity index (χ4v) is 2.65. The normalized spacial score (nSPS) is 10.2. The molecule has 0 spiro atoms. The minimum absolute atomic E-state index is 0.593.